The van der Waals surface area contributed by atoms with E-state index in [1.807, 2.05) is 49.4 Å². The summed E-state index contributed by atoms with van der Waals surface area (Å²) in [6.45, 7) is 1.68. The lowest BCUT2D eigenvalue weighted by Gasteiger charge is -2.28. The minimum atomic E-state index is -4.63. The zero-order valence-corrected chi connectivity index (χ0v) is 12.2. The lowest BCUT2D eigenvalue weighted by molar-refractivity contribution is -0.200. The third-order valence-electron chi connectivity index (χ3n) is 3.35. The Bertz CT molecular complexity index is 598. The van der Waals surface area contributed by atoms with Crippen LogP contribution >= 0.6 is 0 Å². The van der Waals surface area contributed by atoms with Gasteiger partial charge < -0.3 is 10.0 Å². The van der Waals surface area contributed by atoms with E-state index in [4.69, 9.17) is 0 Å². The molecular formula is C17H18F3NO. The summed E-state index contributed by atoms with van der Waals surface area (Å²) in [6, 6.07) is 16.5. The maximum Gasteiger partial charge on any atom is 0.416 e. The van der Waals surface area contributed by atoms with Crippen LogP contribution in [-0.4, -0.2) is 23.9 Å². The number of anilines is 1. The van der Waals surface area contributed by atoms with E-state index in [1.54, 1.807) is 17.0 Å². The van der Waals surface area contributed by atoms with Crippen molar-refractivity contribution in [2.24, 2.45) is 0 Å². The second kappa shape index (κ2) is 6.83. The van der Waals surface area contributed by atoms with Crippen LogP contribution in [0, 0.1) is 6.92 Å². The normalized spacial score (nSPS) is 13.0. The van der Waals surface area contributed by atoms with Gasteiger partial charge in [-0.05, 0) is 30.2 Å². The van der Waals surface area contributed by atoms with Crippen molar-refractivity contribution in [1.29, 1.82) is 0 Å². The van der Waals surface area contributed by atoms with Gasteiger partial charge in [-0.15, -0.1) is 0 Å². The van der Waals surface area contributed by atoms with Crippen LogP contribution in [0.15, 0.2) is 54.6 Å². The number of halogens is 3. The van der Waals surface area contributed by atoms with E-state index < -0.39 is 18.8 Å². The molecule has 2 aromatic rings. The Labute approximate surface area is 127 Å². The van der Waals surface area contributed by atoms with Gasteiger partial charge in [0.05, 0.1) is 6.54 Å². The molecule has 22 heavy (non-hydrogen) atoms. The Morgan fingerprint density at radius 1 is 1.05 bits per heavy atom. The van der Waals surface area contributed by atoms with Gasteiger partial charge in [-0.1, -0.05) is 42.5 Å². The van der Waals surface area contributed by atoms with E-state index in [-0.39, 0.29) is 0 Å². The van der Waals surface area contributed by atoms with Gasteiger partial charge in [-0.3, -0.25) is 0 Å². The van der Waals surface area contributed by atoms with Gasteiger partial charge in [0.15, 0.2) is 6.10 Å². The average molecular weight is 309 g/mol. The van der Waals surface area contributed by atoms with Gasteiger partial charge in [-0.2, -0.15) is 13.2 Å². The monoisotopic (exact) mass is 309 g/mol. The summed E-state index contributed by atoms with van der Waals surface area (Å²) in [7, 11) is 0. The van der Waals surface area contributed by atoms with Crippen LogP contribution in [0.2, 0.25) is 0 Å². The summed E-state index contributed by atoms with van der Waals surface area (Å²) in [4.78, 5) is 1.54. The molecule has 0 aromatic heterocycles. The number of aryl methyl sites for hydroxylation is 1. The predicted molar refractivity (Wildman–Crippen MR) is 80.7 cm³/mol. The molecule has 2 aromatic carbocycles. The van der Waals surface area contributed by atoms with Crippen LogP contribution in [0.1, 0.15) is 11.1 Å². The zero-order chi connectivity index (χ0) is 16.2. The number of alkyl halides is 3. The van der Waals surface area contributed by atoms with Crippen LogP contribution in [-0.2, 0) is 6.54 Å². The SMILES string of the molecule is Cc1cccc(N(Cc2ccccc2)C[C@@H](O)C(F)(F)F)c1. The molecule has 0 aliphatic rings. The summed E-state index contributed by atoms with van der Waals surface area (Å²) in [5.41, 5.74) is 2.50. The van der Waals surface area contributed by atoms with Crippen LogP contribution in [0.5, 0.6) is 0 Å². The van der Waals surface area contributed by atoms with E-state index in [0.29, 0.717) is 12.2 Å². The topological polar surface area (TPSA) is 23.5 Å². The Morgan fingerprint density at radius 2 is 1.73 bits per heavy atom. The number of hydrogen-bond acceptors (Lipinski definition) is 2. The van der Waals surface area contributed by atoms with E-state index in [1.165, 1.54) is 0 Å². The number of benzene rings is 2. The van der Waals surface area contributed by atoms with Crippen molar-refractivity contribution in [3.63, 3.8) is 0 Å². The largest absolute Gasteiger partial charge is 0.416 e. The van der Waals surface area contributed by atoms with Gasteiger partial charge in [0.1, 0.15) is 0 Å². The van der Waals surface area contributed by atoms with Crippen molar-refractivity contribution in [2.45, 2.75) is 25.7 Å². The minimum Gasteiger partial charge on any atom is -0.382 e. The van der Waals surface area contributed by atoms with Crippen molar-refractivity contribution in [3.05, 3.63) is 65.7 Å². The fourth-order valence-corrected chi connectivity index (χ4v) is 2.20. The number of rotatable bonds is 5. The molecule has 0 unspecified atom stereocenters. The Balaban J connectivity index is 2.24. The van der Waals surface area contributed by atoms with E-state index in [2.05, 4.69) is 0 Å². The smallest absolute Gasteiger partial charge is 0.382 e. The van der Waals surface area contributed by atoms with Gasteiger partial charge in [0.2, 0.25) is 0 Å². The second-order valence-corrected chi connectivity index (χ2v) is 5.26. The first-order valence-electron chi connectivity index (χ1n) is 6.96. The fourth-order valence-electron chi connectivity index (χ4n) is 2.20. The van der Waals surface area contributed by atoms with Crippen molar-refractivity contribution in [2.75, 3.05) is 11.4 Å². The molecule has 0 radical (unpaired) electrons. The number of aliphatic hydroxyl groups is 1. The second-order valence-electron chi connectivity index (χ2n) is 5.26. The first-order valence-corrected chi connectivity index (χ1v) is 6.96. The third kappa shape index (κ3) is 4.49. The Hall–Kier alpha value is -2.01. The van der Waals surface area contributed by atoms with Crippen molar-refractivity contribution in [1.82, 2.24) is 0 Å². The fraction of sp³-hybridized carbons (Fsp3) is 0.294. The predicted octanol–water partition coefficient (Wildman–Crippen LogP) is 3.92. The minimum absolute atomic E-state index is 0.303. The summed E-state index contributed by atoms with van der Waals surface area (Å²) < 4.78 is 38.0. The molecule has 0 aliphatic carbocycles. The standard InChI is InChI=1S/C17H18F3NO/c1-13-6-5-9-15(10-13)21(12-16(22)17(18,19)20)11-14-7-3-2-4-8-14/h2-10,16,22H,11-12H2,1H3/t16-/m1/s1. The van der Waals surface area contributed by atoms with Gasteiger partial charge in [0.25, 0.3) is 0 Å². The number of nitrogens with zero attached hydrogens (tertiary/aromatic N) is 1. The van der Waals surface area contributed by atoms with Gasteiger partial charge in [-0.25, -0.2) is 0 Å². The van der Waals surface area contributed by atoms with E-state index in [9.17, 15) is 18.3 Å². The van der Waals surface area contributed by atoms with Crippen LogP contribution in [0.25, 0.3) is 0 Å². The molecular weight excluding hydrogens is 291 g/mol. The lowest BCUT2D eigenvalue weighted by Crippen LogP contribution is -2.40. The van der Waals surface area contributed by atoms with Crippen molar-refractivity contribution < 1.29 is 18.3 Å². The molecule has 0 saturated heterocycles. The molecule has 118 valence electrons. The molecule has 0 heterocycles. The average Bonchev–Trinajstić information content (AvgIpc) is 2.46. The lowest BCUT2D eigenvalue weighted by atomic mass is 10.1. The highest BCUT2D eigenvalue weighted by atomic mass is 19.4. The summed E-state index contributed by atoms with van der Waals surface area (Å²) in [6.07, 6.45) is -7.00. The van der Waals surface area contributed by atoms with Crippen LogP contribution in [0.3, 0.4) is 0 Å². The molecule has 0 fully saturated rings. The van der Waals surface area contributed by atoms with Gasteiger partial charge >= 0.3 is 6.18 Å². The highest BCUT2D eigenvalue weighted by molar-refractivity contribution is 5.49. The molecule has 2 rings (SSSR count). The molecule has 1 atom stereocenters. The zero-order valence-electron chi connectivity index (χ0n) is 12.2. The van der Waals surface area contributed by atoms with Crippen LogP contribution in [0.4, 0.5) is 18.9 Å². The highest BCUT2D eigenvalue weighted by Crippen LogP contribution is 2.25. The molecule has 0 saturated carbocycles. The third-order valence-corrected chi connectivity index (χ3v) is 3.35. The Kier molecular flexibility index (Phi) is 5.08. The first kappa shape index (κ1) is 16.4. The quantitative estimate of drug-likeness (QED) is 0.905. The van der Waals surface area contributed by atoms with E-state index in [0.717, 1.165) is 11.1 Å². The molecule has 0 amide bonds. The number of aliphatic hydroxyl groups excluding tert-OH is 1. The highest BCUT2D eigenvalue weighted by Gasteiger charge is 2.39. The summed E-state index contributed by atoms with van der Waals surface area (Å²) in [5.74, 6) is 0. The van der Waals surface area contributed by atoms with Crippen molar-refractivity contribution in [3.8, 4) is 0 Å². The molecule has 1 N–H and O–H groups in total. The summed E-state index contributed by atoms with van der Waals surface area (Å²) >= 11 is 0. The molecule has 0 aliphatic heterocycles. The van der Waals surface area contributed by atoms with Gasteiger partial charge in [0, 0.05) is 12.2 Å². The summed E-state index contributed by atoms with van der Waals surface area (Å²) in [5, 5.41) is 9.40. The molecule has 0 spiro atoms. The maximum atomic E-state index is 12.7. The van der Waals surface area contributed by atoms with E-state index >= 15 is 0 Å². The number of hydrogen-bond donors (Lipinski definition) is 1. The molecule has 2 nitrogen and oxygen atoms in total. The maximum absolute atomic E-state index is 12.7. The Morgan fingerprint density at radius 3 is 2.32 bits per heavy atom. The molecule has 5 heteroatoms. The molecule has 0 bridgehead atoms. The van der Waals surface area contributed by atoms with Crippen molar-refractivity contribution >= 4 is 5.69 Å². The van der Waals surface area contributed by atoms with Crippen LogP contribution < -0.4 is 4.90 Å². The first-order chi connectivity index (χ1) is 10.4.